The molecule has 0 aliphatic rings. The zero-order chi connectivity index (χ0) is 24.1. The molecule has 4 aromatic rings. The van der Waals surface area contributed by atoms with Crippen LogP contribution < -0.4 is 18.9 Å². The molecule has 0 N–H and O–H groups in total. The Morgan fingerprint density at radius 1 is 0.676 bits per heavy atom. The van der Waals surface area contributed by atoms with E-state index in [-0.39, 0.29) is 35.0 Å². The van der Waals surface area contributed by atoms with Crippen LogP contribution in [0.1, 0.15) is 15.9 Å². The van der Waals surface area contributed by atoms with E-state index in [9.17, 15) is 14.0 Å². The van der Waals surface area contributed by atoms with Crippen LogP contribution in [0, 0.1) is 5.82 Å². The van der Waals surface area contributed by atoms with Crippen molar-refractivity contribution < 1.29 is 32.9 Å². The van der Waals surface area contributed by atoms with Gasteiger partial charge in [0.05, 0.1) is 26.2 Å². The Morgan fingerprint density at radius 3 is 1.76 bits per heavy atom. The standard InChI is InChI=1S/C27H21FO6/c1-31-25-23(33-22(29)16-17-8-4-3-5-9-17)20-10-6-7-11-21(20)24(26(25)32-2)34-27(30)18-12-14-19(28)15-13-18/h3-15H,16H2,1-2H3. The first-order valence-corrected chi connectivity index (χ1v) is 10.4. The van der Waals surface area contributed by atoms with Crippen LogP contribution in [0.4, 0.5) is 4.39 Å². The van der Waals surface area contributed by atoms with Gasteiger partial charge in [0.2, 0.25) is 11.5 Å². The van der Waals surface area contributed by atoms with Crippen LogP contribution >= 0.6 is 0 Å². The second-order valence-corrected chi connectivity index (χ2v) is 7.30. The van der Waals surface area contributed by atoms with Crippen molar-refractivity contribution in [3.63, 3.8) is 0 Å². The van der Waals surface area contributed by atoms with Crippen LogP contribution in [0.25, 0.3) is 10.8 Å². The molecule has 0 unspecified atom stereocenters. The molecule has 0 atom stereocenters. The molecule has 4 aromatic carbocycles. The monoisotopic (exact) mass is 460 g/mol. The van der Waals surface area contributed by atoms with Gasteiger partial charge in [-0.1, -0.05) is 54.6 Å². The van der Waals surface area contributed by atoms with Gasteiger partial charge in [-0.3, -0.25) is 4.79 Å². The van der Waals surface area contributed by atoms with Gasteiger partial charge in [-0.15, -0.1) is 0 Å². The van der Waals surface area contributed by atoms with Crippen molar-refractivity contribution in [3.05, 3.63) is 95.8 Å². The predicted octanol–water partition coefficient (Wildman–Crippen LogP) is 5.36. The zero-order valence-electron chi connectivity index (χ0n) is 18.5. The van der Waals surface area contributed by atoms with Gasteiger partial charge in [0.1, 0.15) is 5.82 Å². The van der Waals surface area contributed by atoms with Crippen molar-refractivity contribution in [2.75, 3.05) is 14.2 Å². The summed E-state index contributed by atoms with van der Waals surface area (Å²) in [6, 6.07) is 21.1. The number of benzene rings is 4. The van der Waals surface area contributed by atoms with Crippen LogP contribution in [-0.2, 0) is 11.2 Å². The molecule has 0 amide bonds. The highest BCUT2D eigenvalue weighted by Gasteiger charge is 2.27. The van der Waals surface area contributed by atoms with Gasteiger partial charge in [0.15, 0.2) is 11.5 Å². The molecule has 0 saturated carbocycles. The molecule has 6 nitrogen and oxygen atoms in total. The van der Waals surface area contributed by atoms with Crippen LogP contribution in [-0.4, -0.2) is 26.2 Å². The van der Waals surface area contributed by atoms with Crippen LogP contribution in [0.15, 0.2) is 78.9 Å². The van der Waals surface area contributed by atoms with E-state index in [0.717, 1.165) is 5.56 Å². The largest absolute Gasteiger partial charge is 0.490 e. The first kappa shape index (κ1) is 22.8. The maximum atomic E-state index is 13.3. The maximum absolute atomic E-state index is 13.3. The van der Waals surface area contributed by atoms with Crippen molar-refractivity contribution in [1.82, 2.24) is 0 Å². The molecule has 4 rings (SSSR count). The molecule has 0 aromatic heterocycles. The third-order valence-corrected chi connectivity index (χ3v) is 5.13. The molecule has 0 saturated heterocycles. The van der Waals surface area contributed by atoms with Crippen molar-refractivity contribution in [1.29, 1.82) is 0 Å². The Hall–Kier alpha value is -4.39. The molecule has 34 heavy (non-hydrogen) atoms. The lowest BCUT2D eigenvalue weighted by Crippen LogP contribution is -2.14. The second kappa shape index (κ2) is 10.0. The molecule has 0 bridgehead atoms. The molecule has 172 valence electrons. The van der Waals surface area contributed by atoms with Crippen molar-refractivity contribution in [2.24, 2.45) is 0 Å². The minimum Gasteiger partial charge on any atom is -0.490 e. The van der Waals surface area contributed by atoms with E-state index < -0.39 is 17.8 Å². The number of rotatable bonds is 7. The predicted molar refractivity (Wildman–Crippen MR) is 124 cm³/mol. The van der Waals surface area contributed by atoms with Crippen LogP contribution in [0.5, 0.6) is 23.0 Å². The van der Waals surface area contributed by atoms with Crippen LogP contribution in [0.2, 0.25) is 0 Å². The normalized spacial score (nSPS) is 10.6. The molecule has 0 radical (unpaired) electrons. The summed E-state index contributed by atoms with van der Waals surface area (Å²) in [5.74, 6) is -1.25. The van der Waals surface area contributed by atoms with Crippen LogP contribution in [0.3, 0.4) is 0 Å². The molecule has 0 fully saturated rings. The fourth-order valence-electron chi connectivity index (χ4n) is 3.55. The first-order valence-electron chi connectivity index (χ1n) is 10.4. The quantitative estimate of drug-likeness (QED) is 0.273. The number of methoxy groups -OCH3 is 2. The Kier molecular flexibility index (Phi) is 6.73. The smallest absolute Gasteiger partial charge is 0.343 e. The van der Waals surface area contributed by atoms with E-state index >= 15 is 0 Å². The summed E-state index contributed by atoms with van der Waals surface area (Å²) in [4.78, 5) is 25.5. The number of halogens is 1. The van der Waals surface area contributed by atoms with Crippen molar-refractivity contribution >= 4 is 22.7 Å². The molecule has 0 heterocycles. The summed E-state index contributed by atoms with van der Waals surface area (Å²) in [5.41, 5.74) is 0.956. The molecule has 7 heteroatoms. The minimum absolute atomic E-state index is 0.0575. The highest BCUT2D eigenvalue weighted by Crippen LogP contribution is 2.51. The Morgan fingerprint density at radius 2 is 1.21 bits per heavy atom. The van der Waals surface area contributed by atoms with Gasteiger partial charge in [0.25, 0.3) is 0 Å². The summed E-state index contributed by atoms with van der Waals surface area (Å²) in [7, 11) is 2.78. The van der Waals surface area contributed by atoms with Gasteiger partial charge in [-0.25, -0.2) is 9.18 Å². The molecule has 0 aliphatic carbocycles. The SMILES string of the molecule is COc1c(OC)c(OC(=O)c2ccc(F)cc2)c2ccccc2c1OC(=O)Cc1ccccc1. The van der Waals surface area contributed by atoms with Gasteiger partial charge in [0, 0.05) is 10.8 Å². The average Bonchev–Trinajstić information content (AvgIpc) is 2.86. The van der Waals surface area contributed by atoms with Gasteiger partial charge < -0.3 is 18.9 Å². The highest BCUT2D eigenvalue weighted by molar-refractivity contribution is 6.02. The van der Waals surface area contributed by atoms with E-state index in [1.807, 2.05) is 30.3 Å². The number of carbonyl (C=O) groups excluding carboxylic acids is 2. The van der Waals surface area contributed by atoms with E-state index in [1.165, 1.54) is 38.5 Å². The lowest BCUT2D eigenvalue weighted by Gasteiger charge is -2.19. The van der Waals surface area contributed by atoms with Gasteiger partial charge in [-0.2, -0.15) is 0 Å². The first-order chi connectivity index (χ1) is 16.5. The average molecular weight is 460 g/mol. The van der Waals surface area contributed by atoms with E-state index in [0.29, 0.717) is 10.8 Å². The lowest BCUT2D eigenvalue weighted by molar-refractivity contribution is -0.133. The molecule has 0 aliphatic heterocycles. The molecular weight excluding hydrogens is 439 g/mol. The summed E-state index contributed by atoms with van der Waals surface area (Å²) < 4.78 is 35.7. The highest BCUT2D eigenvalue weighted by atomic mass is 19.1. The third kappa shape index (κ3) is 4.68. The summed E-state index contributed by atoms with van der Waals surface area (Å²) >= 11 is 0. The Bertz CT molecular complexity index is 1330. The molecular formula is C27H21FO6. The minimum atomic E-state index is -0.709. The number of fused-ring (bicyclic) bond motifs is 1. The summed E-state index contributed by atoms with van der Waals surface area (Å²) in [6.07, 6.45) is 0.0575. The third-order valence-electron chi connectivity index (χ3n) is 5.13. The Balaban J connectivity index is 1.77. The zero-order valence-corrected chi connectivity index (χ0v) is 18.5. The Labute approximate surface area is 195 Å². The molecule has 0 spiro atoms. The number of ether oxygens (including phenoxy) is 4. The van der Waals surface area contributed by atoms with Gasteiger partial charge >= 0.3 is 11.9 Å². The summed E-state index contributed by atoms with van der Waals surface area (Å²) in [5, 5.41) is 0.960. The van der Waals surface area contributed by atoms with E-state index in [2.05, 4.69) is 0 Å². The number of esters is 2. The number of carbonyl (C=O) groups is 2. The maximum Gasteiger partial charge on any atom is 0.343 e. The number of hydrogen-bond donors (Lipinski definition) is 0. The van der Waals surface area contributed by atoms with E-state index in [4.69, 9.17) is 18.9 Å². The number of hydrogen-bond acceptors (Lipinski definition) is 6. The lowest BCUT2D eigenvalue weighted by atomic mass is 10.1. The fourth-order valence-corrected chi connectivity index (χ4v) is 3.55. The fraction of sp³-hybridized carbons (Fsp3) is 0.111. The topological polar surface area (TPSA) is 71.1 Å². The van der Waals surface area contributed by atoms with E-state index in [1.54, 1.807) is 24.3 Å². The summed E-state index contributed by atoms with van der Waals surface area (Å²) in [6.45, 7) is 0. The van der Waals surface area contributed by atoms with Crippen molar-refractivity contribution in [3.8, 4) is 23.0 Å². The van der Waals surface area contributed by atoms with Gasteiger partial charge in [-0.05, 0) is 29.8 Å². The van der Waals surface area contributed by atoms with Crippen molar-refractivity contribution in [2.45, 2.75) is 6.42 Å². The second-order valence-electron chi connectivity index (χ2n) is 7.30.